The summed E-state index contributed by atoms with van der Waals surface area (Å²) in [5, 5.41) is 1.43. The topological polar surface area (TPSA) is 90.2 Å². The minimum absolute atomic E-state index is 0.0253. The second kappa shape index (κ2) is 9.44. The van der Waals surface area contributed by atoms with Crippen molar-refractivity contribution in [3.63, 3.8) is 0 Å². The number of hydrogen-bond donors (Lipinski definition) is 1. The first kappa shape index (κ1) is 21.9. The normalized spacial score (nSPS) is 11.3. The van der Waals surface area contributed by atoms with E-state index in [2.05, 4.69) is 15.0 Å². The molecular weight excluding hydrogens is 430 g/mol. The molecule has 0 fully saturated rings. The Morgan fingerprint density at radius 2 is 2.09 bits per heavy atom. The van der Waals surface area contributed by atoms with Crippen LogP contribution >= 0.6 is 11.6 Å². The number of esters is 1. The number of para-hydroxylation sites is 1. The summed E-state index contributed by atoms with van der Waals surface area (Å²) in [6.45, 7) is 6.02. The van der Waals surface area contributed by atoms with Crippen molar-refractivity contribution >= 4 is 28.5 Å². The van der Waals surface area contributed by atoms with Crippen LogP contribution in [0.5, 0.6) is 5.88 Å². The average Bonchev–Trinajstić information content (AvgIpc) is 3.41. The van der Waals surface area contributed by atoms with E-state index in [9.17, 15) is 4.79 Å². The molecule has 0 aliphatic carbocycles. The fourth-order valence-electron chi connectivity index (χ4n) is 3.48. The maximum absolute atomic E-state index is 11.7. The number of rotatable bonds is 8. The maximum atomic E-state index is 11.7. The lowest BCUT2D eigenvalue weighted by molar-refractivity contribution is -0.143. The number of nitrogens with one attached hydrogen (secondary N) is 1. The molecule has 4 rings (SSSR count). The number of oxazole rings is 1. The van der Waals surface area contributed by atoms with Gasteiger partial charge in [-0.25, -0.2) is 9.97 Å². The molecular formula is C24H24ClN3O4. The van der Waals surface area contributed by atoms with Crippen LogP contribution < -0.4 is 4.74 Å². The van der Waals surface area contributed by atoms with Gasteiger partial charge < -0.3 is 18.9 Å². The fourth-order valence-corrected chi connectivity index (χ4v) is 3.69. The lowest BCUT2D eigenvalue weighted by Gasteiger charge is -2.10. The minimum atomic E-state index is -0.199. The smallest absolute Gasteiger partial charge is 0.306 e. The zero-order valence-electron chi connectivity index (χ0n) is 18.1. The van der Waals surface area contributed by atoms with E-state index in [1.54, 1.807) is 25.4 Å². The number of pyridine rings is 1. The third-order valence-electron chi connectivity index (χ3n) is 4.88. The van der Waals surface area contributed by atoms with Crippen molar-refractivity contribution in [1.82, 2.24) is 15.0 Å². The first-order valence-corrected chi connectivity index (χ1v) is 10.9. The molecule has 1 N–H and O–H groups in total. The van der Waals surface area contributed by atoms with Gasteiger partial charge >= 0.3 is 5.97 Å². The van der Waals surface area contributed by atoms with Crippen LogP contribution in [-0.2, 0) is 16.0 Å². The van der Waals surface area contributed by atoms with Gasteiger partial charge in [-0.3, -0.25) is 4.79 Å². The van der Waals surface area contributed by atoms with Gasteiger partial charge in [0.1, 0.15) is 5.02 Å². The number of ether oxygens (including phenoxy) is 2. The van der Waals surface area contributed by atoms with Gasteiger partial charge in [0.15, 0.2) is 5.76 Å². The number of H-pyrrole nitrogens is 1. The summed E-state index contributed by atoms with van der Waals surface area (Å²) in [4.78, 5) is 23.7. The molecule has 166 valence electrons. The van der Waals surface area contributed by atoms with Gasteiger partial charge in [-0.1, -0.05) is 23.7 Å². The van der Waals surface area contributed by atoms with Crippen molar-refractivity contribution in [1.29, 1.82) is 0 Å². The third-order valence-corrected chi connectivity index (χ3v) is 5.15. The van der Waals surface area contributed by atoms with Crippen LogP contribution in [0.25, 0.3) is 33.7 Å². The molecule has 3 heterocycles. The molecule has 0 saturated heterocycles. The van der Waals surface area contributed by atoms with E-state index < -0.39 is 0 Å². The van der Waals surface area contributed by atoms with E-state index in [1.807, 2.05) is 38.2 Å². The monoisotopic (exact) mass is 453 g/mol. The minimum Gasteiger partial charge on any atom is -0.474 e. The van der Waals surface area contributed by atoms with Crippen LogP contribution in [0.4, 0.5) is 0 Å². The summed E-state index contributed by atoms with van der Waals surface area (Å²) < 4.78 is 16.6. The number of aromatic nitrogens is 3. The number of fused-ring (bicyclic) bond motifs is 1. The summed E-state index contributed by atoms with van der Waals surface area (Å²) in [6.07, 6.45) is 6.13. The molecule has 0 atom stereocenters. The van der Waals surface area contributed by atoms with E-state index in [4.69, 9.17) is 25.5 Å². The van der Waals surface area contributed by atoms with E-state index in [0.29, 0.717) is 47.6 Å². The zero-order valence-corrected chi connectivity index (χ0v) is 18.9. The van der Waals surface area contributed by atoms with Gasteiger partial charge in [0.2, 0.25) is 11.8 Å². The van der Waals surface area contributed by atoms with Crippen molar-refractivity contribution in [3.8, 4) is 28.7 Å². The molecule has 7 nitrogen and oxygen atoms in total. The molecule has 8 heteroatoms. The molecule has 0 spiro atoms. The van der Waals surface area contributed by atoms with Gasteiger partial charge in [0.25, 0.3) is 0 Å². The molecule has 0 aliphatic heterocycles. The van der Waals surface area contributed by atoms with Crippen LogP contribution in [0.2, 0.25) is 5.02 Å². The van der Waals surface area contributed by atoms with Crippen molar-refractivity contribution in [3.05, 3.63) is 53.4 Å². The fraction of sp³-hybridized carbons (Fsp3) is 0.292. The Morgan fingerprint density at radius 1 is 1.25 bits per heavy atom. The molecule has 32 heavy (non-hydrogen) atoms. The lowest BCUT2D eigenvalue weighted by Crippen LogP contribution is -2.07. The number of benzene rings is 1. The van der Waals surface area contributed by atoms with Gasteiger partial charge in [0.05, 0.1) is 30.0 Å². The third kappa shape index (κ3) is 4.62. The highest BCUT2D eigenvalue weighted by atomic mass is 35.5. The molecule has 0 bridgehead atoms. The van der Waals surface area contributed by atoms with E-state index in [0.717, 1.165) is 22.0 Å². The second-order valence-electron chi connectivity index (χ2n) is 7.55. The van der Waals surface area contributed by atoms with Crippen LogP contribution in [0.3, 0.4) is 0 Å². The average molecular weight is 454 g/mol. The van der Waals surface area contributed by atoms with Gasteiger partial charge in [-0.05, 0) is 44.9 Å². The van der Waals surface area contributed by atoms with Crippen LogP contribution in [0.1, 0.15) is 32.8 Å². The summed E-state index contributed by atoms with van der Waals surface area (Å²) in [6, 6.07) is 7.66. The number of carbonyl (C=O) groups excluding carboxylic acids is 1. The van der Waals surface area contributed by atoms with Gasteiger partial charge in [0, 0.05) is 29.8 Å². The number of carbonyl (C=O) groups is 1. The second-order valence-corrected chi connectivity index (χ2v) is 7.96. The molecule has 0 saturated carbocycles. The van der Waals surface area contributed by atoms with Gasteiger partial charge in [-0.2, -0.15) is 0 Å². The van der Waals surface area contributed by atoms with Crippen LogP contribution in [-0.4, -0.2) is 33.6 Å². The zero-order chi connectivity index (χ0) is 22.7. The quantitative estimate of drug-likeness (QED) is 0.338. The largest absolute Gasteiger partial charge is 0.474 e. The number of nitrogens with zero attached hydrogens (tertiary/aromatic N) is 2. The van der Waals surface area contributed by atoms with Gasteiger partial charge in [-0.15, -0.1) is 0 Å². The summed E-state index contributed by atoms with van der Waals surface area (Å²) in [7, 11) is 0. The molecule has 4 aromatic rings. The first-order valence-electron chi connectivity index (χ1n) is 10.5. The maximum Gasteiger partial charge on any atom is 0.306 e. The SMILES string of the molecule is CCOC(=O)CCc1c[nH]c2c(-c3cnc(-c4cnc(OC(C)C)c(Cl)c4)o3)cccc12. The van der Waals surface area contributed by atoms with Crippen molar-refractivity contribution in [2.75, 3.05) is 6.61 Å². The number of halogens is 1. The number of hydrogen-bond acceptors (Lipinski definition) is 6. The molecule has 0 aliphatic rings. The molecule has 0 amide bonds. The van der Waals surface area contributed by atoms with Crippen molar-refractivity contribution in [2.24, 2.45) is 0 Å². The van der Waals surface area contributed by atoms with Crippen LogP contribution in [0.15, 0.2) is 47.3 Å². The molecule has 1 aromatic carbocycles. The highest BCUT2D eigenvalue weighted by Gasteiger charge is 2.16. The van der Waals surface area contributed by atoms with E-state index in [-0.39, 0.29) is 12.1 Å². The van der Waals surface area contributed by atoms with Crippen molar-refractivity contribution < 1.29 is 18.7 Å². The molecule has 0 unspecified atom stereocenters. The Morgan fingerprint density at radius 3 is 2.84 bits per heavy atom. The van der Waals surface area contributed by atoms with Crippen molar-refractivity contribution in [2.45, 2.75) is 39.7 Å². The Hall–Kier alpha value is -3.32. The Kier molecular flexibility index (Phi) is 6.46. The Labute approximate surface area is 190 Å². The first-order chi connectivity index (χ1) is 15.5. The summed E-state index contributed by atoms with van der Waals surface area (Å²) in [5.41, 5.74) is 3.51. The molecule has 0 radical (unpaired) electrons. The Balaban J connectivity index is 1.60. The molecule has 3 aromatic heterocycles. The van der Waals surface area contributed by atoms with E-state index in [1.165, 1.54) is 0 Å². The predicted molar refractivity (Wildman–Crippen MR) is 123 cm³/mol. The number of aromatic amines is 1. The highest BCUT2D eigenvalue weighted by Crippen LogP contribution is 2.34. The predicted octanol–water partition coefficient (Wildman–Crippen LogP) is 5.82. The lowest BCUT2D eigenvalue weighted by atomic mass is 10.0. The standard InChI is InChI=1S/C24H24ClN3O4/c1-4-30-21(29)9-8-15-11-26-22-17(15)6-5-7-18(22)20-13-28-23(32-20)16-10-19(25)24(27-12-16)31-14(2)3/h5-7,10-14,26H,4,8-9H2,1-3H3. The van der Waals surface area contributed by atoms with E-state index >= 15 is 0 Å². The summed E-state index contributed by atoms with van der Waals surface area (Å²) >= 11 is 6.30. The number of aryl methyl sites for hydroxylation is 1. The summed E-state index contributed by atoms with van der Waals surface area (Å²) in [5.74, 6) is 1.21. The van der Waals surface area contributed by atoms with Crippen LogP contribution in [0, 0.1) is 0 Å². The Bertz CT molecular complexity index is 1250. The highest BCUT2D eigenvalue weighted by molar-refractivity contribution is 6.32.